The Labute approximate surface area is 308 Å². The van der Waals surface area contributed by atoms with Gasteiger partial charge in [-0.15, -0.1) is 11.8 Å². The number of imide groups is 1. The number of hydrogen-bond acceptors (Lipinski definition) is 11. The normalized spacial score (nSPS) is 19.9. The lowest BCUT2D eigenvalue weighted by Crippen LogP contribution is -2.71. The highest BCUT2D eigenvalue weighted by Crippen LogP contribution is 2.43. The zero-order valence-electron chi connectivity index (χ0n) is 28.9. The van der Waals surface area contributed by atoms with E-state index in [9.17, 15) is 38.7 Å². The molecule has 15 nitrogen and oxygen atoms in total. The lowest BCUT2D eigenvalue weighted by molar-refractivity contribution is -0.161. The van der Waals surface area contributed by atoms with E-state index in [2.05, 4.69) is 10.3 Å². The van der Waals surface area contributed by atoms with Crippen molar-refractivity contribution < 1.29 is 38.6 Å². The minimum atomic E-state index is -1.38. The second-order valence-corrected chi connectivity index (χ2v) is 14.0. The predicted octanol–water partition coefficient (Wildman–Crippen LogP) is 1.89. The van der Waals surface area contributed by atoms with Crippen LogP contribution in [0.25, 0.3) is 11.3 Å². The molecule has 0 aliphatic carbocycles. The van der Waals surface area contributed by atoms with Crippen LogP contribution in [0.2, 0.25) is 0 Å². The van der Waals surface area contributed by atoms with Crippen LogP contribution in [-0.4, -0.2) is 91.8 Å². The number of rotatable bonds is 11. The van der Waals surface area contributed by atoms with Crippen LogP contribution in [-0.2, 0) is 40.0 Å². The molecule has 2 aromatic carbocycles. The fourth-order valence-electron chi connectivity index (χ4n) is 6.70. The number of pyridine rings is 1. The minimum Gasteiger partial charge on any atom is -0.477 e. The minimum absolute atomic E-state index is 0.122. The molecule has 2 fully saturated rings. The molecule has 3 aliphatic heterocycles. The fourth-order valence-corrected chi connectivity index (χ4v) is 8.09. The number of anilines is 1. The topological polar surface area (TPSA) is 213 Å². The molecule has 0 radical (unpaired) electrons. The van der Waals surface area contributed by atoms with Crippen LogP contribution in [0.5, 0.6) is 0 Å². The summed E-state index contributed by atoms with van der Waals surface area (Å²) >= 11 is 1.21. The number of aromatic nitrogens is 1. The molecule has 0 bridgehead atoms. The monoisotopic (exact) mass is 742 g/mol. The van der Waals surface area contributed by atoms with Crippen LogP contribution in [0.4, 0.5) is 5.69 Å². The Morgan fingerprint density at radius 3 is 2.34 bits per heavy atom. The zero-order chi connectivity index (χ0) is 38.0. The maximum absolute atomic E-state index is 14.1. The van der Waals surface area contributed by atoms with Crippen LogP contribution in [0, 0.1) is 0 Å². The summed E-state index contributed by atoms with van der Waals surface area (Å²) < 4.78 is 5.02. The number of nitrogens with one attached hydrogen (secondary N) is 2. The van der Waals surface area contributed by atoms with Gasteiger partial charge in [0.25, 0.3) is 17.4 Å². The Hall–Kier alpha value is -5.58. The van der Waals surface area contributed by atoms with Gasteiger partial charge in [0, 0.05) is 36.4 Å². The van der Waals surface area contributed by atoms with Crippen molar-refractivity contribution in [3.8, 4) is 11.3 Å². The maximum atomic E-state index is 14.1. The molecular weight excluding hydrogens is 705 g/mol. The summed E-state index contributed by atoms with van der Waals surface area (Å²) in [5.41, 5.74) is 7.85. The van der Waals surface area contributed by atoms with E-state index in [-0.39, 0.29) is 41.6 Å². The molecule has 276 valence electrons. The molecule has 4 amide bonds. The SMILES string of the molecule is CC(=O)OCC1=C(C(=O)O)N2C(=O)C(N(Cc3ccc(-c4ccc(N(C(C)=O)C(=O)[C@@H]5CCCN5)cc4)[nH]c3=O)C(=O)C(N)c3ccccc3)[C@@H]2SC1. The quantitative estimate of drug-likeness (QED) is 0.164. The van der Waals surface area contributed by atoms with E-state index in [4.69, 9.17) is 10.5 Å². The summed E-state index contributed by atoms with van der Waals surface area (Å²) in [4.78, 5) is 96.9. The Kier molecular flexibility index (Phi) is 10.9. The molecule has 53 heavy (non-hydrogen) atoms. The van der Waals surface area contributed by atoms with Gasteiger partial charge >= 0.3 is 11.9 Å². The van der Waals surface area contributed by atoms with Crippen molar-refractivity contribution in [2.75, 3.05) is 23.8 Å². The molecule has 1 aromatic heterocycles. The van der Waals surface area contributed by atoms with Gasteiger partial charge in [0.1, 0.15) is 29.8 Å². The molecule has 3 aromatic rings. The number of carbonyl (C=O) groups excluding carboxylic acids is 5. The Bertz CT molecular complexity index is 2040. The summed E-state index contributed by atoms with van der Waals surface area (Å²) in [7, 11) is 0. The van der Waals surface area contributed by atoms with Gasteiger partial charge in [-0.05, 0) is 54.8 Å². The largest absolute Gasteiger partial charge is 0.477 e. The average Bonchev–Trinajstić information content (AvgIpc) is 3.69. The molecule has 0 spiro atoms. The molecule has 2 saturated heterocycles. The number of hydrogen-bond donors (Lipinski definition) is 4. The first-order valence-corrected chi connectivity index (χ1v) is 18.0. The molecule has 16 heteroatoms. The highest BCUT2D eigenvalue weighted by atomic mass is 32.2. The van der Waals surface area contributed by atoms with Crippen molar-refractivity contribution in [3.05, 3.63) is 99.5 Å². The summed E-state index contributed by atoms with van der Waals surface area (Å²) in [6.07, 6.45) is 1.48. The zero-order valence-corrected chi connectivity index (χ0v) is 29.8. The number of thioether (sulfide) groups is 1. The number of aliphatic carboxylic acids is 1. The molecule has 4 heterocycles. The van der Waals surface area contributed by atoms with Gasteiger partial charge in [0.05, 0.1) is 18.3 Å². The molecule has 0 saturated carbocycles. The van der Waals surface area contributed by atoms with Crippen molar-refractivity contribution in [3.63, 3.8) is 0 Å². The van der Waals surface area contributed by atoms with Gasteiger partial charge < -0.3 is 30.8 Å². The first-order chi connectivity index (χ1) is 25.4. The van der Waals surface area contributed by atoms with Crippen molar-refractivity contribution in [1.82, 2.24) is 20.1 Å². The third-order valence-electron chi connectivity index (χ3n) is 9.38. The summed E-state index contributed by atoms with van der Waals surface area (Å²) in [6, 6.07) is 15.5. The molecular formula is C37H38N6O9S. The molecule has 3 aliphatic rings. The van der Waals surface area contributed by atoms with E-state index in [1.165, 1.54) is 36.6 Å². The smallest absolute Gasteiger partial charge is 0.352 e. The Morgan fingerprint density at radius 2 is 1.74 bits per heavy atom. The van der Waals surface area contributed by atoms with Gasteiger partial charge in [-0.3, -0.25) is 33.7 Å². The first-order valence-electron chi connectivity index (χ1n) is 16.9. The number of aromatic amines is 1. The van der Waals surface area contributed by atoms with Crippen LogP contribution < -0.4 is 21.5 Å². The van der Waals surface area contributed by atoms with Gasteiger partial charge in [-0.25, -0.2) is 9.69 Å². The van der Waals surface area contributed by atoms with Gasteiger partial charge in [0.2, 0.25) is 11.8 Å². The van der Waals surface area contributed by atoms with E-state index in [1.807, 2.05) is 0 Å². The molecule has 4 atom stereocenters. The predicted molar refractivity (Wildman–Crippen MR) is 194 cm³/mol. The number of benzene rings is 2. The maximum Gasteiger partial charge on any atom is 0.352 e. The van der Waals surface area contributed by atoms with Gasteiger partial charge in [0.15, 0.2) is 0 Å². The first kappa shape index (κ1) is 37.2. The van der Waals surface area contributed by atoms with Crippen molar-refractivity contribution in [2.24, 2.45) is 5.73 Å². The number of nitrogens with zero attached hydrogens (tertiary/aromatic N) is 3. The number of amides is 4. The van der Waals surface area contributed by atoms with Crippen molar-refractivity contribution >= 4 is 53.0 Å². The van der Waals surface area contributed by atoms with Crippen LogP contribution in [0.15, 0.2) is 82.8 Å². The lowest BCUT2D eigenvalue weighted by Gasteiger charge is -2.53. The molecule has 5 N–H and O–H groups in total. The third-order valence-corrected chi connectivity index (χ3v) is 10.7. The van der Waals surface area contributed by atoms with Crippen LogP contribution >= 0.6 is 11.8 Å². The second-order valence-electron chi connectivity index (χ2n) is 12.9. The summed E-state index contributed by atoms with van der Waals surface area (Å²) in [5.74, 6) is -3.93. The van der Waals surface area contributed by atoms with Crippen molar-refractivity contribution in [1.29, 1.82) is 0 Å². The standard InChI is InChI=1S/C37H38N6O9S/c1-20(44)42(33(47)28-9-6-16-39-28)26-13-10-22(11-14-26)27-15-12-24(32(46)40-27)17-41(34(48)29(38)23-7-4-3-5-8-23)31-35(49)43-30(37(50)51)25(18-52-21(2)45)19-53-36(31)43/h3-5,7-8,10-15,28-29,31,36,39H,6,9,16-19,38H2,1-2H3,(H,40,46)(H,50,51)/t28-,29?,31?,36-/m0/s1. The number of H-pyrrole nitrogens is 1. The van der Waals surface area contributed by atoms with E-state index in [0.29, 0.717) is 35.5 Å². The molecule has 2 unspecified atom stereocenters. The summed E-state index contributed by atoms with van der Waals surface area (Å²) in [6.45, 7) is 2.60. The number of carboxylic acid groups (broad SMARTS) is 1. The number of fused-ring (bicyclic) bond motifs is 1. The molecule has 6 rings (SSSR count). The fraction of sp³-hybridized carbons (Fsp3) is 0.324. The van der Waals surface area contributed by atoms with Gasteiger partial charge in [-0.1, -0.05) is 42.5 Å². The highest BCUT2D eigenvalue weighted by molar-refractivity contribution is 8.00. The van der Waals surface area contributed by atoms with E-state index in [1.54, 1.807) is 60.7 Å². The van der Waals surface area contributed by atoms with Crippen LogP contribution in [0.3, 0.4) is 0 Å². The van der Waals surface area contributed by atoms with E-state index >= 15 is 0 Å². The number of esters is 1. The number of nitrogens with two attached hydrogens (primary N) is 1. The third kappa shape index (κ3) is 7.51. The van der Waals surface area contributed by atoms with E-state index in [0.717, 1.165) is 16.2 Å². The number of β-lactam (4-membered cyclic amide) rings is 1. The lowest BCUT2D eigenvalue weighted by atomic mass is 9.98. The van der Waals surface area contributed by atoms with Gasteiger partial charge in [-0.2, -0.15) is 0 Å². The average molecular weight is 743 g/mol. The number of carboxylic acids is 1. The number of carbonyl (C=O) groups is 6. The second kappa shape index (κ2) is 15.6. The van der Waals surface area contributed by atoms with Crippen LogP contribution in [0.1, 0.15) is 43.9 Å². The van der Waals surface area contributed by atoms with Crippen molar-refractivity contribution in [2.45, 2.75) is 56.7 Å². The number of ether oxygens (including phenoxy) is 1. The highest BCUT2D eigenvalue weighted by Gasteiger charge is 2.57. The van der Waals surface area contributed by atoms with E-state index < -0.39 is 58.7 Å². The Morgan fingerprint density at radius 1 is 1.02 bits per heavy atom. The summed E-state index contributed by atoms with van der Waals surface area (Å²) in [5, 5.41) is 12.3. The Balaban J connectivity index is 1.27.